The Balaban J connectivity index is 1.52. The van der Waals surface area contributed by atoms with Gasteiger partial charge in [0.1, 0.15) is 5.82 Å². The minimum Gasteiger partial charge on any atom is -0.378 e. The van der Waals surface area contributed by atoms with Gasteiger partial charge in [0.2, 0.25) is 5.91 Å². The van der Waals surface area contributed by atoms with Crippen molar-refractivity contribution >= 4 is 28.2 Å². The predicted octanol–water partition coefficient (Wildman–Crippen LogP) is 3.32. The van der Waals surface area contributed by atoms with Crippen molar-refractivity contribution in [3.05, 3.63) is 60.0 Å². The molecule has 1 aliphatic heterocycles. The van der Waals surface area contributed by atoms with E-state index in [1.807, 2.05) is 24.3 Å². The highest BCUT2D eigenvalue weighted by molar-refractivity contribution is 5.98. The minimum atomic E-state index is -0.309. The Hall–Kier alpha value is -2.86. The summed E-state index contributed by atoms with van der Waals surface area (Å²) in [6, 6.07) is 12.3. The van der Waals surface area contributed by atoms with Crippen molar-refractivity contribution in [3.63, 3.8) is 0 Å². The number of para-hydroxylation sites is 2. The Morgan fingerprint density at radius 2 is 2.00 bits per heavy atom. The average molecular weight is 353 g/mol. The molecule has 1 aromatic heterocycles. The van der Waals surface area contributed by atoms with E-state index in [2.05, 4.69) is 15.2 Å². The van der Waals surface area contributed by atoms with Crippen LogP contribution in [0.2, 0.25) is 0 Å². The molecule has 2 heterocycles. The summed E-state index contributed by atoms with van der Waals surface area (Å²) in [4.78, 5) is 17.9. The van der Waals surface area contributed by atoms with Crippen molar-refractivity contribution < 1.29 is 13.9 Å². The second-order valence-electron chi connectivity index (χ2n) is 6.35. The monoisotopic (exact) mass is 353 g/mol. The van der Waals surface area contributed by atoms with E-state index in [4.69, 9.17) is 4.74 Å². The predicted molar refractivity (Wildman–Crippen MR) is 100 cm³/mol. The molecule has 26 heavy (non-hydrogen) atoms. The third kappa shape index (κ3) is 3.41. The zero-order valence-electron chi connectivity index (χ0n) is 14.3. The largest absolute Gasteiger partial charge is 0.378 e. The summed E-state index contributed by atoms with van der Waals surface area (Å²) < 4.78 is 18.9. The molecule has 6 heteroatoms. The molecule has 0 bridgehead atoms. The number of hydrogen-bond acceptors (Lipinski definition) is 3. The smallest absolute Gasteiger partial charge is 0.228 e. The summed E-state index contributed by atoms with van der Waals surface area (Å²) >= 11 is 0. The molecule has 0 saturated carbocycles. The second-order valence-corrected chi connectivity index (χ2v) is 6.35. The van der Waals surface area contributed by atoms with Crippen molar-refractivity contribution in [1.82, 2.24) is 4.98 Å². The number of hydrogen-bond donors (Lipinski definition) is 2. The van der Waals surface area contributed by atoms with E-state index in [-0.39, 0.29) is 18.1 Å². The summed E-state index contributed by atoms with van der Waals surface area (Å²) in [5.41, 5.74) is 3.38. The molecule has 0 aliphatic carbocycles. The van der Waals surface area contributed by atoms with E-state index in [0.29, 0.717) is 13.2 Å². The molecule has 2 N–H and O–H groups in total. The van der Waals surface area contributed by atoms with Gasteiger partial charge in [0, 0.05) is 30.2 Å². The van der Waals surface area contributed by atoms with E-state index in [1.165, 1.54) is 12.1 Å². The van der Waals surface area contributed by atoms with Crippen LogP contribution in [0.3, 0.4) is 0 Å². The Kier molecular flexibility index (Phi) is 4.58. The zero-order chi connectivity index (χ0) is 17.9. The molecule has 0 unspecified atom stereocenters. The number of morpholine rings is 1. The maximum Gasteiger partial charge on any atom is 0.228 e. The fourth-order valence-corrected chi connectivity index (χ4v) is 3.32. The van der Waals surface area contributed by atoms with Crippen LogP contribution in [0.5, 0.6) is 0 Å². The summed E-state index contributed by atoms with van der Waals surface area (Å²) in [6.07, 6.45) is 1.94. The highest BCUT2D eigenvalue weighted by Crippen LogP contribution is 2.27. The Morgan fingerprint density at radius 1 is 1.19 bits per heavy atom. The number of H-pyrrole nitrogens is 1. The highest BCUT2D eigenvalue weighted by Gasteiger charge is 2.16. The van der Waals surface area contributed by atoms with Gasteiger partial charge in [-0.25, -0.2) is 4.39 Å². The first-order chi connectivity index (χ1) is 12.7. The molecule has 3 aromatic rings. The zero-order valence-corrected chi connectivity index (χ0v) is 14.3. The number of nitrogens with zero attached hydrogens (tertiary/aromatic N) is 1. The number of fused-ring (bicyclic) bond motifs is 1. The number of carbonyl (C=O) groups is 1. The van der Waals surface area contributed by atoms with Crippen LogP contribution in [-0.4, -0.2) is 37.2 Å². The Morgan fingerprint density at radius 3 is 2.85 bits per heavy atom. The topological polar surface area (TPSA) is 57.4 Å². The van der Waals surface area contributed by atoms with Gasteiger partial charge in [-0.1, -0.05) is 12.1 Å². The lowest BCUT2D eigenvalue weighted by atomic mass is 10.1. The minimum absolute atomic E-state index is 0.129. The van der Waals surface area contributed by atoms with Crippen LogP contribution in [0.25, 0.3) is 10.9 Å². The first-order valence-corrected chi connectivity index (χ1v) is 8.68. The van der Waals surface area contributed by atoms with Crippen LogP contribution < -0.4 is 10.2 Å². The highest BCUT2D eigenvalue weighted by atomic mass is 19.1. The molecule has 1 aliphatic rings. The van der Waals surface area contributed by atoms with Gasteiger partial charge < -0.3 is 19.9 Å². The van der Waals surface area contributed by atoms with Crippen LogP contribution in [0.4, 0.5) is 15.8 Å². The number of benzene rings is 2. The van der Waals surface area contributed by atoms with Crippen LogP contribution >= 0.6 is 0 Å². The lowest BCUT2D eigenvalue weighted by Crippen LogP contribution is -2.36. The molecule has 1 saturated heterocycles. The number of nitrogens with one attached hydrogen (secondary N) is 2. The molecular formula is C20H20FN3O2. The third-order valence-electron chi connectivity index (χ3n) is 4.61. The number of rotatable bonds is 4. The van der Waals surface area contributed by atoms with Gasteiger partial charge in [-0.2, -0.15) is 0 Å². The van der Waals surface area contributed by atoms with E-state index in [1.54, 1.807) is 12.3 Å². The summed E-state index contributed by atoms with van der Waals surface area (Å²) in [7, 11) is 0. The number of halogens is 1. The van der Waals surface area contributed by atoms with E-state index < -0.39 is 0 Å². The SMILES string of the molecule is O=C(Cc1c[nH]c2ccc(F)cc12)Nc1ccccc1N1CCOCC1. The quantitative estimate of drug-likeness (QED) is 0.756. The maximum atomic E-state index is 13.5. The number of aromatic amines is 1. The third-order valence-corrected chi connectivity index (χ3v) is 4.61. The average Bonchev–Trinajstić information content (AvgIpc) is 3.05. The van der Waals surface area contributed by atoms with E-state index in [9.17, 15) is 9.18 Å². The van der Waals surface area contributed by atoms with Gasteiger partial charge in [-0.3, -0.25) is 4.79 Å². The van der Waals surface area contributed by atoms with Crippen molar-refractivity contribution in [2.24, 2.45) is 0 Å². The van der Waals surface area contributed by atoms with Gasteiger partial charge >= 0.3 is 0 Å². The molecule has 1 fully saturated rings. The van der Waals surface area contributed by atoms with Crippen LogP contribution in [0.15, 0.2) is 48.7 Å². The molecule has 2 aromatic carbocycles. The molecule has 4 rings (SSSR count). The molecular weight excluding hydrogens is 333 g/mol. The Bertz CT molecular complexity index is 932. The van der Waals surface area contributed by atoms with E-state index in [0.717, 1.165) is 40.9 Å². The van der Waals surface area contributed by atoms with Crippen molar-refractivity contribution in [1.29, 1.82) is 0 Å². The fourth-order valence-electron chi connectivity index (χ4n) is 3.32. The molecule has 0 spiro atoms. The number of aromatic nitrogens is 1. The van der Waals surface area contributed by atoms with Gasteiger partial charge in [-0.05, 0) is 35.9 Å². The standard InChI is InChI=1S/C20H20FN3O2/c21-15-5-6-17-16(12-15)14(13-22-17)11-20(25)23-18-3-1-2-4-19(18)24-7-9-26-10-8-24/h1-6,12-13,22H,7-11H2,(H,23,25). The lowest BCUT2D eigenvalue weighted by molar-refractivity contribution is -0.115. The summed E-state index contributed by atoms with van der Waals surface area (Å²) in [6.45, 7) is 2.97. The van der Waals surface area contributed by atoms with Crippen LogP contribution in [0, 0.1) is 5.82 Å². The number of carbonyl (C=O) groups excluding carboxylic acids is 1. The molecule has 0 atom stereocenters. The van der Waals surface area contributed by atoms with Crippen molar-refractivity contribution in [2.75, 3.05) is 36.5 Å². The van der Waals surface area contributed by atoms with Gasteiger partial charge in [0.15, 0.2) is 0 Å². The number of amides is 1. The first-order valence-electron chi connectivity index (χ1n) is 8.68. The molecule has 1 amide bonds. The summed E-state index contributed by atoms with van der Waals surface area (Å²) in [5.74, 6) is -0.438. The summed E-state index contributed by atoms with van der Waals surface area (Å²) in [5, 5.41) is 3.73. The fraction of sp³-hybridized carbons (Fsp3) is 0.250. The first kappa shape index (κ1) is 16.6. The van der Waals surface area contributed by atoms with Crippen molar-refractivity contribution in [3.8, 4) is 0 Å². The number of anilines is 2. The van der Waals surface area contributed by atoms with E-state index >= 15 is 0 Å². The lowest BCUT2D eigenvalue weighted by Gasteiger charge is -2.30. The molecule has 0 radical (unpaired) electrons. The normalized spacial score (nSPS) is 14.6. The van der Waals surface area contributed by atoms with Gasteiger partial charge in [0.25, 0.3) is 0 Å². The molecule has 5 nitrogen and oxygen atoms in total. The van der Waals surface area contributed by atoms with Crippen LogP contribution in [0.1, 0.15) is 5.56 Å². The van der Waals surface area contributed by atoms with Crippen LogP contribution in [-0.2, 0) is 16.0 Å². The second kappa shape index (κ2) is 7.17. The maximum absolute atomic E-state index is 13.5. The van der Waals surface area contributed by atoms with Gasteiger partial charge in [0.05, 0.1) is 31.0 Å². The van der Waals surface area contributed by atoms with Crippen molar-refractivity contribution in [2.45, 2.75) is 6.42 Å². The van der Waals surface area contributed by atoms with Gasteiger partial charge in [-0.15, -0.1) is 0 Å². The Labute approximate surface area is 150 Å². The number of ether oxygens (including phenoxy) is 1. The molecule has 134 valence electrons.